The molecule has 1 atom stereocenters. The molecule has 1 aromatic carbocycles. The fourth-order valence-corrected chi connectivity index (χ4v) is 1.78. The molecule has 6 nitrogen and oxygen atoms in total. The molecule has 1 rings (SSSR count). The van der Waals surface area contributed by atoms with Crippen molar-refractivity contribution >= 4 is 28.6 Å². The van der Waals surface area contributed by atoms with Gasteiger partial charge in [0, 0.05) is 6.54 Å². The van der Waals surface area contributed by atoms with E-state index in [1.54, 1.807) is 0 Å². The second kappa shape index (κ2) is 7.05. The number of halogens is 1. The van der Waals surface area contributed by atoms with E-state index in [0.29, 0.717) is 6.54 Å². The molecular weight excluding hydrogens is 275 g/mol. The van der Waals surface area contributed by atoms with Gasteiger partial charge in [0.25, 0.3) is 11.3 Å². The first-order valence-corrected chi connectivity index (χ1v) is 6.74. The van der Waals surface area contributed by atoms with Crippen molar-refractivity contribution < 1.29 is 23.1 Å². The van der Waals surface area contributed by atoms with E-state index in [9.17, 15) is 13.4 Å². The second-order valence-corrected chi connectivity index (χ2v) is 4.52. The molecule has 0 aromatic heterocycles. The van der Waals surface area contributed by atoms with E-state index in [4.69, 9.17) is 9.66 Å². The number of unbranched alkanes of at least 4 members (excludes halogenated alkanes) is 1. The molecule has 0 amide bonds. The van der Waals surface area contributed by atoms with Crippen LogP contribution in [0, 0.1) is 5.82 Å². The van der Waals surface area contributed by atoms with Gasteiger partial charge in [-0.25, -0.2) is 13.4 Å². The third-order valence-corrected chi connectivity index (χ3v) is 2.76. The minimum absolute atomic E-state index is 0.0127. The van der Waals surface area contributed by atoms with E-state index in [0.717, 1.165) is 25.0 Å². The third kappa shape index (κ3) is 4.49. The monoisotopic (exact) mass is 290 g/mol. The van der Waals surface area contributed by atoms with Crippen molar-refractivity contribution in [2.75, 3.05) is 16.6 Å². The summed E-state index contributed by atoms with van der Waals surface area (Å²) in [7, 11) is 0. The number of carbonyl (C=O) groups is 1. The van der Waals surface area contributed by atoms with Crippen LogP contribution in [0.2, 0.25) is 0 Å². The fourth-order valence-electron chi connectivity index (χ4n) is 1.44. The molecule has 0 fully saturated rings. The van der Waals surface area contributed by atoms with Crippen LogP contribution in [0.4, 0.5) is 15.8 Å². The summed E-state index contributed by atoms with van der Waals surface area (Å²) in [6.07, 6.45) is 1.70. The molecule has 0 bridgehead atoms. The van der Waals surface area contributed by atoms with Crippen LogP contribution in [0.15, 0.2) is 12.1 Å². The van der Waals surface area contributed by atoms with E-state index in [-0.39, 0.29) is 16.9 Å². The van der Waals surface area contributed by atoms with Gasteiger partial charge in [0.15, 0.2) is 5.82 Å². The topological polar surface area (TPSA) is 98.7 Å². The highest BCUT2D eigenvalue weighted by molar-refractivity contribution is 7.80. The van der Waals surface area contributed by atoms with Gasteiger partial charge in [-0.05, 0) is 18.6 Å². The molecule has 0 aliphatic carbocycles. The Bertz CT molecular complexity index is 496. The first-order valence-electron chi connectivity index (χ1n) is 5.64. The normalized spacial score (nSPS) is 11.9. The molecule has 106 valence electrons. The summed E-state index contributed by atoms with van der Waals surface area (Å²) in [6.45, 7) is 2.45. The van der Waals surface area contributed by atoms with Gasteiger partial charge in [-0.15, -0.1) is 0 Å². The Labute approximate surface area is 112 Å². The number of aromatic carboxylic acids is 1. The lowest BCUT2D eigenvalue weighted by atomic mass is 10.1. The van der Waals surface area contributed by atoms with Crippen LogP contribution in [-0.2, 0) is 11.3 Å². The van der Waals surface area contributed by atoms with Crippen molar-refractivity contribution in [2.24, 2.45) is 0 Å². The van der Waals surface area contributed by atoms with Crippen molar-refractivity contribution in [1.82, 2.24) is 0 Å². The molecule has 0 saturated carbocycles. The molecule has 8 heteroatoms. The van der Waals surface area contributed by atoms with E-state index in [1.165, 1.54) is 0 Å². The molecule has 0 aliphatic rings. The zero-order valence-corrected chi connectivity index (χ0v) is 11.1. The summed E-state index contributed by atoms with van der Waals surface area (Å²) < 4.78 is 35.2. The molecule has 0 spiro atoms. The Hall–Kier alpha value is -1.67. The molecule has 0 radical (unpaired) electrons. The first kappa shape index (κ1) is 15.4. The Morgan fingerprint density at radius 3 is 2.58 bits per heavy atom. The van der Waals surface area contributed by atoms with Gasteiger partial charge in [-0.3, -0.25) is 9.27 Å². The number of carboxylic acid groups (broad SMARTS) is 1. The summed E-state index contributed by atoms with van der Waals surface area (Å²) in [5.41, 5.74) is -0.519. The summed E-state index contributed by atoms with van der Waals surface area (Å²) in [5.74, 6) is -2.03. The van der Waals surface area contributed by atoms with Crippen molar-refractivity contribution in [2.45, 2.75) is 19.8 Å². The number of hydrogen-bond donors (Lipinski definition) is 4. The minimum Gasteiger partial charge on any atom is -0.478 e. The van der Waals surface area contributed by atoms with Gasteiger partial charge < -0.3 is 10.4 Å². The van der Waals surface area contributed by atoms with Gasteiger partial charge in [0.2, 0.25) is 0 Å². The van der Waals surface area contributed by atoms with Crippen molar-refractivity contribution in [3.63, 3.8) is 0 Å². The number of nitrogens with one attached hydrogen (secondary N) is 2. The van der Waals surface area contributed by atoms with Crippen LogP contribution in [0.25, 0.3) is 0 Å². The maximum atomic E-state index is 13.9. The van der Waals surface area contributed by atoms with E-state index < -0.39 is 23.1 Å². The summed E-state index contributed by atoms with van der Waals surface area (Å²) in [4.78, 5) is 10.9. The highest BCUT2D eigenvalue weighted by Crippen LogP contribution is 2.25. The fraction of sp³-hybridized carbons (Fsp3) is 0.364. The maximum Gasteiger partial charge on any atom is 0.335 e. The Balaban J connectivity index is 3.09. The Morgan fingerprint density at radius 1 is 1.42 bits per heavy atom. The van der Waals surface area contributed by atoms with E-state index >= 15 is 0 Å². The second-order valence-electron chi connectivity index (χ2n) is 3.82. The highest BCUT2D eigenvalue weighted by atomic mass is 32.2. The molecule has 4 N–H and O–H groups in total. The predicted molar refractivity (Wildman–Crippen MR) is 71.2 cm³/mol. The number of rotatable bonds is 7. The average Bonchev–Trinajstić information content (AvgIpc) is 2.33. The van der Waals surface area contributed by atoms with E-state index in [1.807, 2.05) is 11.6 Å². The van der Waals surface area contributed by atoms with Crippen LogP contribution in [0.3, 0.4) is 0 Å². The Morgan fingerprint density at radius 2 is 2.05 bits per heavy atom. The van der Waals surface area contributed by atoms with Crippen LogP contribution in [-0.4, -0.2) is 26.4 Å². The number of benzene rings is 1. The molecule has 1 aromatic rings. The van der Waals surface area contributed by atoms with Gasteiger partial charge in [-0.1, -0.05) is 13.3 Å². The van der Waals surface area contributed by atoms with Gasteiger partial charge in [-0.2, -0.15) is 0 Å². The molecule has 19 heavy (non-hydrogen) atoms. The lowest BCUT2D eigenvalue weighted by Gasteiger charge is -2.12. The number of hydrogen-bond acceptors (Lipinski definition) is 3. The summed E-state index contributed by atoms with van der Waals surface area (Å²) >= 11 is -2.47. The van der Waals surface area contributed by atoms with Crippen LogP contribution >= 0.6 is 0 Å². The molecule has 0 aliphatic heterocycles. The molecule has 1 unspecified atom stereocenters. The Kier molecular flexibility index (Phi) is 5.71. The van der Waals surface area contributed by atoms with Gasteiger partial charge in [0.1, 0.15) is 0 Å². The quantitative estimate of drug-likeness (QED) is 0.456. The maximum absolute atomic E-state index is 13.9. The van der Waals surface area contributed by atoms with Gasteiger partial charge >= 0.3 is 5.97 Å². The largest absolute Gasteiger partial charge is 0.478 e. The minimum atomic E-state index is -2.47. The van der Waals surface area contributed by atoms with E-state index in [2.05, 4.69) is 5.32 Å². The van der Waals surface area contributed by atoms with Gasteiger partial charge in [0.05, 0.1) is 16.9 Å². The zero-order chi connectivity index (χ0) is 14.4. The average molecular weight is 290 g/mol. The van der Waals surface area contributed by atoms with Crippen molar-refractivity contribution in [1.29, 1.82) is 0 Å². The summed E-state index contributed by atoms with van der Waals surface area (Å²) in [6, 6.07) is 2.12. The van der Waals surface area contributed by atoms with Crippen LogP contribution in [0.5, 0.6) is 0 Å². The summed E-state index contributed by atoms with van der Waals surface area (Å²) in [5, 5.41) is 11.7. The lowest BCUT2D eigenvalue weighted by molar-refractivity contribution is 0.0697. The number of anilines is 2. The smallest absolute Gasteiger partial charge is 0.335 e. The van der Waals surface area contributed by atoms with Crippen molar-refractivity contribution in [3.05, 3.63) is 23.5 Å². The van der Waals surface area contributed by atoms with Crippen LogP contribution < -0.4 is 10.0 Å². The lowest BCUT2D eigenvalue weighted by Crippen LogP contribution is -2.10. The molecule has 0 heterocycles. The van der Waals surface area contributed by atoms with Crippen molar-refractivity contribution in [3.8, 4) is 0 Å². The first-order chi connectivity index (χ1) is 8.95. The predicted octanol–water partition coefficient (Wildman–Crippen LogP) is 2.28. The van der Waals surface area contributed by atoms with Crippen LogP contribution in [0.1, 0.15) is 30.1 Å². The molecular formula is C11H15FN2O4S. The standard InChI is InChI=1S/C11H15FN2O4S/c1-2-3-4-13-8-5-7(11(15)16)6-9(10(8)12)14-19(17)18/h5-6,13-14H,2-4H2,1H3,(H,15,16)(H,17,18). The highest BCUT2D eigenvalue weighted by Gasteiger charge is 2.15. The SMILES string of the molecule is CCCCNc1cc(C(=O)O)cc(NS(=O)O)c1F. The third-order valence-electron chi connectivity index (χ3n) is 2.36. The number of carboxylic acids is 1. The molecule has 0 saturated heterocycles. The zero-order valence-electron chi connectivity index (χ0n) is 10.3.